The van der Waals surface area contributed by atoms with E-state index in [1.807, 2.05) is 13.0 Å². The van der Waals surface area contributed by atoms with Gasteiger partial charge >= 0.3 is 0 Å². The van der Waals surface area contributed by atoms with Crippen LogP contribution in [-0.2, 0) is 6.42 Å². The number of halogens is 2. The number of hydrogen-bond donors (Lipinski definition) is 2. The zero-order valence-corrected chi connectivity index (χ0v) is 19.1. The first-order valence-corrected chi connectivity index (χ1v) is 11.1. The molecule has 2 aromatic heterocycles. The van der Waals surface area contributed by atoms with Crippen molar-refractivity contribution in [2.75, 3.05) is 23.3 Å². The Hall–Kier alpha value is -2.74. The van der Waals surface area contributed by atoms with Crippen molar-refractivity contribution in [3.8, 4) is 0 Å². The van der Waals surface area contributed by atoms with Gasteiger partial charge in [0.15, 0.2) is 5.78 Å². The number of rotatable bonds is 6. The van der Waals surface area contributed by atoms with Gasteiger partial charge in [0.05, 0.1) is 21.7 Å². The van der Waals surface area contributed by atoms with Gasteiger partial charge in [0.2, 0.25) is 5.95 Å². The van der Waals surface area contributed by atoms with Gasteiger partial charge in [0.25, 0.3) is 0 Å². The second-order valence-electron chi connectivity index (χ2n) is 7.78. The molecule has 1 aliphatic heterocycles. The molecule has 0 atom stereocenters. The van der Waals surface area contributed by atoms with Crippen LogP contribution < -0.4 is 10.2 Å². The Labute approximate surface area is 196 Å². The zero-order valence-electron chi connectivity index (χ0n) is 17.6. The zero-order chi connectivity index (χ0) is 22.7. The van der Waals surface area contributed by atoms with E-state index in [1.54, 1.807) is 36.5 Å². The molecule has 0 bridgehead atoms. The molecule has 0 unspecified atom stereocenters. The first kappa shape index (κ1) is 22.5. The van der Waals surface area contributed by atoms with E-state index < -0.39 is 0 Å². The molecule has 1 fully saturated rings. The van der Waals surface area contributed by atoms with E-state index in [-0.39, 0.29) is 18.3 Å². The molecule has 0 aliphatic carbocycles. The number of aliphatic hydroxyl groups is 1. The molecule has 0 spiro atoms. The molecule has 4 rings (SSSR count). The van der Waals surface area contributed by atoms with Crippen LogP contribution in [0.1, 0.15) is 34.5 Å². The van der Waals surface area contributed by atoms with E-state index in [0.29, 0.717) is 59.1 Å². The Morgan fingerprint density at radius 2 is 1.84 bits per heavy atom. The Balaban J connectivity index is 1.50. The fourth-order valence-electron chi connectivity index (χ4n) is 3.65. The number of nitrogens with one attached hydrogen (secondary N) is 1. The summed E-state index contributed by atoms with van der Waals surface area (Å²) in [6.45, 7) is 3.33. The maximum Gasteiger partial charge on any atom is 0.227 e. The molecule has 32 heavy (non-hydrogen) atoms. The molecule has 0 amide bonds. The van der Waals surface area contributed by atoms with E-state index >= 15 is 0 Å². The number of aryl methyl sites for hydroxylation is 1. The number of aromatic nitrogens is 3. The third-order valence-corrected chi connectivity index (χ3v) is 5.91. The summed E-state index contributed by atoms with van der Waals surface area (Å²) in [5, 5.41) is 13.6. The Kier molecular flexibility index (Phi) is 6.89. The number of carbonyl (C=O) groups excluding carboxylic acids is 1. The van der Waals surface area contributed by atoms with Crippen LogP contribution in [-0.4, -0.2) is 45.0 Å². The van der Waals surface area contributed by atoms with E-state index in [1.165, 1.54) is 0 Å². The molecular formula is C23H23Cl2N5O2. The Morgan fingerprint density at radius 1 is 1.12 bits per heavy atom. The van der Waals surface area contributed by atoms with Gasteiger partial charge < -0.3 is 15.3 Å². The summed E-state index contributed by atoms with van der Waals surface area (Å²) < 4.78 is 0. The third-order valence-electron chi connectivity index (χ3n) is 5.28. The van der Waals surface area contributed by atoms with Crippen LogP contribution in [0.4, 0.5) is 17.6 Å². The summed E-state index contributed by atoms with van der Waals surface area (Å²) in [6, 6.07) is 10.4. The predicted molar refractivity (Wildman–Crippen MR) is 126 cm³/mol. The second kappa shape index (κ2) is 9.81. The lowest BCUT2D eigenvalue weighted by Gasteiger charge is -2.29. The van der Waals surface area contributed by atoms with Gasteiger partial charge in [-0.3, -0.25) is 4.79 Å². The summed E-state index contributed by atoms with van der Waals surface area (Å²) in [4.78, 5) is 28.3. The molecule has 3 aromatic rings. The summed E-state index contributed by atoms with van der Waals surface area (Å²) >= 11 is 12.3. The summed E-state index contributed by atoms with van der Waals surface area (Å²) in [6.07, 6.45) is 2.93. The summed E-state index contributed by atoms with van der Waals surface area (Å²) in [5.41, 5.74) is 1.92. The first-order chi connectivity index (χ1) is 15.4. The van der Waals surface area contributed by atoms with Crippen molar-refractivity contribution in [3.63, 3.8) is 0 Å². The summed E-state index contributed by atoms with van der Waals surface area (Å²) in [5.74, 6) is 1.65. The number of ketones is 1. The van der Waals surface area contributed by atoms with Crippen LogP contribution in [0.2, 0.25) is 10.0 Å². The van der Waals surface area contributed by atoms with Crippen molar-refractivity contribution >= 4 is 46.6 Å². The number of benzene rings is 1. The van der Waals surface area contributed by atoms with Crippen LogP contribution >= 0.6 is 23.2 Å². The molecule has 0 radical (unpaired) electrons. The number of anilines is 3. The van der Waals surface area contributed by atoms with Crippen molar-refractivity contribution in [2.24, 2.45) is 0 Å². The highest BCUT2D eigenvalue weighted by Gasteiger charge is 2.20. The molecule has 3 heterocycles. The highest BCUT2D eigenvalue weighted by molar-refractivity contribution is 6.39. The SMILES string of the molecule is Cc1cc(Nc2cc(CC(=O)c3c(Cl)cccc3Cl)ccn2)nc(N2CCC(O)CC2)n1. The average Bonchev–Trinajstić information content (AvgIpc) is 2.74. The number of carbonyl (C=O) groups is 1. The molecular weight excluding hydrogens is 449 g/mol. The third kappa shape index (κ3) is 5.35. The number of pyridine rings is 1. The molecule has 7 nitrogen and oxygen atoms in total. The van der Waals surface area contributed by atoms with Gasteiger partial charge in [-0.1, -0.05) is 29.3 Å². The van der Waals surface area contributed by atoms with Gasteiger partial charge in [0.1, 0.15) is 11.6 Å². The van der Waals surface area contributed by atoms with Crippen LogP contribution in [0.15, 0.2) is 42.6 Å². The van der Waals surface area contributed by atoms with Crippen molar-refractivity contribution in [2.45, 2.75) is 32.3 Å². The molecule has 1 aliphatic rings. The van der Waals surface area contributed by atoms with Crippen molar-refractivity contribution in [1.82, 2.24) is 15.0 Å². The first-order valence-electron chi connectivity index (χ1n) is 10.4. The van der Waals surface area contributed by atoms with Crippen LogP contribution in [0.25, 0.3) is 0 Å². The minimum absolute atomic E-state index is 0.144. The molecule has 2 N–H and O–H groups in total. The van der Waals surface area contributed by atoms with Crippen molar-refractivity contribution in [1.29, 1.82) is 0 Å². The Bertz CT molecular complexity index is 1110. The van der Waals surface area contributed by atoms with Crippen LogP contribution in [0.5, 0.6) is 0 Å². The highest BCUT2D eigenvalue weighted by Crippen LogP contribution is 2.26. The monoisotopic (exact) mass is 471 g/mol. The number of piperidine rings is 1. The van der Waals surface area contributed by atoms with Crippen molar-refractivity contribution < 1.29 is 9.90 Å². The largest absolute Gasteiger partial charge is 0.393 e. The standard InChI is InChI=1S/C23H23Cl2N5O2/c1-14-11-21(29-23(27-14)30-9-6-16(31)7-10-30)28-20-13-15(5-8-26-20)12-19(32)22-17(24)3-2-4-18(22)25/h2-5,8,11,13,16,31H,6-7,9-10,12H2,1H3,(H,26,27,28,29). The van der Waals surface area contributed by atoms with Crippen LogP contribution in [0, 0.1) is 6.92 Å². The number of aliphatic hydroxyl groups excluding tert-OH is 1. The number of Topliss-reactive ketones (excluding diaryl/α,β-unsaturated/α-hetero) is 1. The normalized spacial score (nSPS) is 14.4. The Morgan fingerprint density at radius 3 is 2.56 bits per heavy atom. The minimum Gasteiger partial charge on any atom is -0.393 e. The highest BCUT2D eigenvalue weighted by atomic mass is 35.5. The maximum absolute atomic E-state index is 12.8. The molecule has 9 heteroatoms. The smallest absolute Gasteiger partial charge is 0.227 e. The number of nitrogens with zero attached hydrogens (tertiary/aromatic N) is 4. The van der Waals surface area contributed by atoms with Gasteiger partial charge in [0, 0.05) is 37.5 Å². The predicted octanol–water partition coefficient (Wildman–Crippen LogP) is 4.62. The van der Waals surface area contributed by atoms with Gasteiger partial charge in [-0.2, -0.15) is 4.98 Å². The van der Waals surface area contributed by atoms with Gasteiger partial charge in [-0.15, -0.1) is 0 Å². The van der Waals surface area contributed by atoms with Gasteiger partial charge in [-0.05, 0) is 49.6 Å². The minimum atomic E-state index is -0.260. The second-order valence-corrected chi connectivity index (χ2v) is 8.60. The van der Waals surface area contributed by atoms with Crippen molar-refractivity contribution in [3.05, 3.63) is 69.5 Å². The topological polar surface area (TPSA) is 91.2 Å². The lowest BCUT2D eigenvalue weighted by molar-refractivity contribution is 0.0993. The fraction of sp³-hybridized carbons (Fsp3) is 0.304. The van der Waals surface area contributed by atoms with E-state index in [9.17, 15) is 9.90 Å². The lowest BCUT2D eigenvalue weighted by atomic mass is 10.0. The van der Waals surface area contributed by atoms with Crippen LogP contribution in [0.3, 0.4) is 0 Å². The maximum atomic E-state index is 12.8. The molecule has 1 saturated heterocycles. The number of hydrogen-bond acceptors (Lipinski definition) is 7. The quantitative estimate of drug-likeness (QED) is 0.506. The lowest BCUT2D eigenvalue weighted by Crippen LogP contribution is -2.37. The molecule has 0 saturated carbocycles. The molecule has 1 aromatic carbocycles. The molecule has 166 valence electrons. The average molecular weight is 472 g/mol. The summed E-state index contributed by atoms with van der Waals surface area (Å²) in [7, 11) is 0. The van der Waals surface area contributed by atoms with E-state index in [4.69, 9.17) is 23.2 Å². The fourth-order valence-corrected chi connectivity index (χ4v) is 4.25. The van der Waals surface area contributed by atoms with Gasteiger partial charge in [-0.25, -0.2) is 9.97 Å². The van der Waals surface area contributed by atoms with E-state index in [2.05, 4.69) is 25.2 Å². The van der Waals surface area contributed by atoms with E-state index in [0.717, 1.165) is 11.3 Å².